The summed E-state index contributed by atoms with van der Waals surface area (Å²) in [6.07, 6.45) is -0.109. The van der Waals surface area contributed by atoms with Crippen molar-refractivity contribution in [3.8, 4) is 0 Å². The second-order valence-electron chi connectivity index (χ2n) is 8.80. The molecule has 0 saturated carbocycles. The summed E-state index contributed by atoms with van der Waals surface area (Å²) in [5, 5.41) is 0. The van der Waals surface area contributed by atoms with Crippen molar-refractivity contribution in [2.24, 2.45) is 5.92 Å². The molecule has 4 rings (SSSR count). The van der Waals surface area contributed by atoms with Crippen molar-refractivity contribution in [3.05, 3.63) is 132 Å². The van der Waals surface area contributed by atoms with Gasteiger partial charge in [0.1, 0.15) is 6.29 Å². The molecule has 0 fully saturated rings. The topological polar surface area (TPSA) is 102 Å². The summed E-state index contributed by atoms with van der Waals surface area (Å²) in [6.45, 7) is 0. The van der Waals surface area contributed by atoms with E-state index in [1.165, 1.54) is 48.5 Å². The molecular formula is C30H26O6S2. The highest BCUT2D eigenvalue weighted by Gasteiger charge is 2.44. The zero-order chi connectivity index (χ0) is 27.2. The molecule has 194 valence electrons. The summed E-state index contributed by atoms with van der Waals surface area (Å²) < 4.78 is 53.3. The smallest absolute Gasteiger partial charge is 0.195 e. The fraction of sp³-hybridized carbons (Fsp3) is 0.133. The minimum Gasteiger partial charge on any atom is -0.303 e. The maximum Gasteiger partial charge on any atom is 0.195 e. The Labute approximate surface area is 222 Å². The van der Waals surface area contributed by atoms with Crippen LogP contribution in [0.4, 0.5) is 0 Å². The Morgan fingerprint density at radius 1 is 0.605 bits per heavy atom. The summed E-state index contributed by atoms with van der Waals surface area (Å²) in [7, 11) is -8.95. The summed E-state index contributed by atoms with van der Waals surface area (Å²) in [6, 6.07) is 31.4. The molecule has 0 aromatic heterocycles. The van der Waals surface area contributed by atoms with Crippen molar-refractivity contribution >= 4 is 31.7 Å². The van der Waals surface area contributed by atoms with E-state index in [0.29, 0.717) is 17.4 Å². The van der Waals surface area contributed by atoms with Crippen molar-refractivity contribution in [3.63, 3.8) is 0 Å². The van der Waals surface area contributed by atoms with E-state index in [1.807, 2.05) is 0 Å². The lowest BCUT2D eigenvalue weighted by Gasteiger charge is -2.27. The molecule has 0 saturated heterocycles. The maximum atomic E-state index is 13.8. The van der Waals surface area contributed by atoms with Gasteiger partial charge in [0, 0.05) is 11.5 Å². The van der Waals surface area contributed by atoms with E-state index in [0.717, 1.165) is 0 Å². The molecule has 0 radical (unpaired) electrons. The predicted octanol–water partition coefficient (Wildman–Crippen LogP) is 5.13. The van der Waals surface area contributed by atoms with Gasteiger partial charge in [0.25, 0.3) is 0 Å². The minimum atomic E-state index is -4.48. The highest BCUT2D eigenvalue weighted by molar-refractivity contribution is 8.09. The molecular weight excluding hydrogens is 520 g/mol. The van der Waals surface area contributed by atoms with E-state index < -0.39 is 48.3 Å². The number of rotatable bonds is 11. The van der Waals surface area contributed by atoms with Crippen molar-refractivity contribution < 1.29 is 26.4 Å². The van der Waals surface area contributed by atoms with Crippen molar-refractivity contribution in [2.45, 2.75) is 26.7 Å². The third-order valence-corrected chi connectivity index (χ3v) is 11.6. The van der Waals surface area contributed by atoms with Crippen LogP contribution in [0.25, 0.3) is 0 Å². The number of hydrogen-bond donors (Lipinski definition) is 0. The maximum absolute atomic E-state index is 13.8. The Morgan fingerprint density at radius 2 is 1.00 bits per heavy atom. The Kier molecular flexibility index (Phi) is 8.34. The molecule has 6 nitrogen and oxygen atoms in total. The highest BCUT2D eigenvalue weighted by Crippen LogP contribution is 2.36. The van der Waals surface area contributed by atoms with Gasteiger partial charge in [-0.25, -0.2) is 16.8 Å². The third-order valence-electron chi connectivity index (χ3n) is 6.40. The molecule has 4 aromatic rings. The molecule has 0 bridgehead atoms. The third kappa shape index (κ3) is 5.66. The van der Waals surface area contributed by atoms with Crippen LogP contribution in [0.3, 0.4) is 0 Å². The lowest BCUT2D eigenvalue weighted by atomic mass is 9.80. The van der Waals surface area contributed by atoms with Gasteiger partial charge >= 0.3 is 0 Å². The SMILES string of the molecule is O=C[C@@H](CC(S(=O)(=O)c1ccccc1)S(=O)(=O)c1ccccc1)[C@H](C(=O)c1ccccc1)c1ccccc1. The van der Waals surface area contributed by atoms with Crippen LogP contribution in [-0.4, -0.2) is 33.5 Å². The lowest BCUT2D eigenvalue weighted by molar-refractivity contribution is -0.111. The van der Waals surface area contributed by atoms with Gasteiger partial charge in [-0.1, -0.05) is 97.1 Å². The molecule has 0 heterocycles. The van der Waals surface area contributed by atoms with Gasteiger partial charge in [0.15, 0.2) is 30.0 Å². The number of carbonyl (C=O) groups excluding carboxylic acids is 2. The Morgan fingerprint density at radius 3 is 1.42 bits per heavy atom. The first-order valence-electron chi connectivity index (χ1n) is 11.9. The summed E-state index contributed by atoms with van der Waals surface area (Å²) in [4.78, 5) is 25.9. The first-order chi connectivity index (χ1) is 18.3. The van der Waals surface area contributed by atoms with Gasteiger partial charge in [0.2, 0.25) is 0 Å². The van der Waals surface area contributed by atoms with Crippen LogP contribution in [0.5, 0.6) is 0 Å². The molecule has 0 spiro atoms. The fourth-order valence-electron chi connectivity index (χ4n) is 4.47. The largest absolute Gasteiger partial charge is 0.303 e. The van der Waals surface area contributed by atoms with Crippen LogP contribution < -0.4 is 0 Å². The van der Waals surface area contributed by atoms with Crippen LogP contribution in [0.2, 0.25) is 0 Å². The molecule has 0 aliphatic carbocycles. The molecule has 0 amide bonds. The second kappa shape index (κ2) is 11.7. The standard InChI is InChI=1S/C30H26O6S2/c31-22-25(29(23-13-5-1-6-14-23)30(32)24-15-7-2-8-16-24)21-28(37(33,34)26-17-9-3-10-18-26)38(35,36)27-19-11-4-12-20-27/h1-20,22,25,28-29H,21H2/t25-,29-/m1/s1. The number of aldehydes is 1. The first kappa shape index (κ1) is 27.2. The van der Waals surface area contributed by atoms with E-state index in [9.17, 15) is 26.4 Å². The quantitative estimate of drug-likeness (QED) is 0.191. The normalized spacial score (nSPS) is 13.5. The lowest BCUT2D eigenvalue weighted by Crippen LogP contribution is -2.36. The zero-order valence-corrected chi connectivity index (χ0v) is 22.0. The summed E-state index contributed by atoms with van der Waals surface area (Å²) >= 11 is 0. The molecule has 0 unspecified atom stereocenters. The predicted molar refractivity (Wildman–Crippen MR) is 145 cm³/mol. The monoisotopic (exact) mass is 546 g/mol. The van der Waals surface area contributed by atoms with Gasteiger partial charge in [-0.15, -0.1) is 0 Å². The molecule has 4 aromatic carbocycles. The van der Waals surface area contributed by atoms with E-state index in [-0.39, 0.29) is 9.79 Å². The van der Waals surface area contributed by atoms with Gasteiger partial charge in [0.05, 0.1) is 15.7 Å². The molecule has 0 aliphatic rings. The summed E-state index contributed by atoms with van der Waals surface area (Å²) in [5.74, 6) is -2.73. The van der Waals surface area contributed by atoms with Crippen molar-refractivity contribution in [1.29, 1.82) is 0 Å². The Balaban J connectivity index is 1.86. The van der Waals surface area contributed by atoms with Gasteiger partial charge in [-0.3, -0.25) is 4.79 Å². The number of hydrogen-bond acceptors (Lipinski definition) is 6. The summed E-state index contributed by atoms with van der Waals surface area (Å²) in [5.41, 5.74) is 0.827. The van der Waals surface area contributed by atoms with Crippen molar-refractivity contribution in [2.75, 3.05) is 0 Å². The highest BCUT2D eigenvalue weighted by atomic mass is 32.3. The van der Waals surface area contributed by atoms with Crippen LogP contribution >= 0.6 is 0 Å². The molecule has 38 heavy (non-hydrogen) atoms. The number of ketones is 1. The van der Waals surface area contributed by atoms with E-state index >= 15 is 0 Å². The Bertz CT molecular complexity index is 1520. The fourth-order valence-corrected chi connectivity index (χ4v) is 9.10. The van der Waals surface area contributed by atoms with E-state index in [1.54, 1.807) is 72.8 Å². The average Bonchev–Trinajstić information content (AvgIpc) is 2.96. The van der Waals surface area contributed by atoms with Gasteiger partial charge < -0.3 is 4.79 Å². The minimum absolute atomic E-state index is 0.181. The molecule has 0 N–H and O–H groups in total. The average molecular weight is 547 g/mol. The molecule has 2 atom stereocenters. The van der Waals surface area contributed by atoms with Crippen LogP contribution in [-0.2, 0) is 24.5 Å². The molecule has 8 heteroatoms. The first-order valence-corrected chi connectivity index (χ1v) is 15.0. The number of benzene rings is 4. The number of carbonyl (C=O) groups is 2. The second-order valence-corrected chi connectivity index (χ2v) is 13.4. The van der Waals surface area contributed by atoms with Gasteiger partial charge in [-0.05, 0) is 36.2 Å². The Hall–Kier alpha value is -3.88. The van der Waals surface area contributed by atoms with Gasteiger partial charge in [-0.2, -0.15) is 0 Å². The number of Topliss-reactive ketones (excluding diaryl/α,β-unsaturated/α-hetero) is 1. The zero-order valence-electron chi connectivity index (χ0n) is 20.3. The van der Waals surface area contributed by atoms with E-state index in [4.69, 9.17) is 0 Å². The number of sulfone groups is 2. The molecule has 0 aliphatic heterocycles. The van der Waals surface area contributed by atoms with Crippen molar-refractivity contribution in [1.82, 2.24) is 0 Å². The van der Waals surface area contributed by atoms with Crippen LogP contribution in [0.1, 0.15) is 28.3 Å². The van der Waals surface area contributed by atoms with Crippen LogP contribution in [0, 0.1) is 5.92 Å². The van der Waals surface area contributed by atoms with E-state index in [2.05, 4.69) is 0 Å². The van der Waals surface area contributed by atoms with Crippen LogP contribution in [0.15, 0.2) is 131 Å².